The lowest BCUT2D eigenvalue weighted by atomic mass is 10.2. The SMILES string of the molecule is CCn1c([C@H]2CCCN2C(=O)c2cnc(C)s2)nc2ccccc21. The first-order chi connectivity index (χ1) is 11.7. The van der Waals surface area contributed by atoms with E-state index in [-0.39, 0.29) is 11.9 Å². The van der Waals surface area contributed by atoms with Gasteiger partial charge in [0.1, 0.15) is 10.7 Å². The van der Waals surface area contributed by atoms with Crippen LogP contribution in [0.3, 0.4) is 0 Å². The minimum Gasteiger partial charge on any atom is -0.328 e. The topological polar surface area (TPSA) is 51.0 Å². The summed E-state index contributed by atoms with van der Waals surface area (Å²) in [7, 11) is 0. The molecule has 0 radical (unpaired) electrons. The molecular formula is C18H20N4OS. The number of carbonyl (C=O) groups excluding carboxylic acids is 1. The first-order valence-corrected chi connectivity index (χ1v) is 9.19. The number of nitrogens with zero attached hydrogens (tertiary/aromatic N) is 4. The van der Waals surface area contributed by atoms with Crippen LogP contribution >= 0.6 is 11.3 Å². The molecule has 5 nitrogen and oxygen atoms in total. The Morgan fingerprint density at radius 1 is 1.38 bits per heavy atom. The maximum absolute atomic E-state index is 12.9. The fourth-order valence-corrected chi connectivity index (χ4v) is 4.29. The normalized spacial score (nSPS) is 17.8. The number of carbonyl (C=O) groups is 1. The van der Waals surface area contributed by atoms with Crippen molar-refractivity contribution in [3.63, 3.8) is 0 Å². The van der Waals surface area contributed by atoms with Crippen LogP contribution in [0.1, 0.15) is 46.3 Å². The largest absolute Gasteiger partial charge is 0.328 e. The second-order valence-electron chi connectivity index (χ2n) is 6.10. The van der Waals surface area contributed by atoms with Crippen molar-refractivity contribution in [2.24, 2.45) is 0 Å². The maximum Gasteiger partial charge on any atom is 0.266 e. The van der Waals surface area contributed by atoms with Crippen molar-refractivity contribution in [2.45, 2.75) is 39.3 Å². The van der Waals surface area contributed by atoms with Crippen molar-refractivity contribution in [1.29, 1.82) is 0 Å². The van der Waals surface area contributed by atoms with Crippen molar-refractivity contribution >= 4 is 28.3 Å². The fraction of sp³-hybridized carbons (Fsp3) is 0.389. The summed E-state index contributed by atoms with van der Waals surface area (Å²) >= 11 is 1.47. The second kappa shape index (κ2) is 6.02. The number of aromatic nitrogens is 3. The molecule has 1 aliphatic heterocycles. The summed E-state index contributed by atoms with van der Waals surface area (Å²) in [6.07, 6.45) is 3.68. The third kappa shape index (κ3) is 2.41. The Bertz CT molecular complexity index is 897. The molecule has 0 saturated carbocycles. The molecule has 0 spiro atoms. The Hall–Kier alpha value is -2.21. The van der Waals surface area contributed by atoms with Crippen LogP contribution in [0, 0.1) is 6.92 Å². The summed E-state index contributed by atoms with van der Waals surface area (Å²) in [6.45, 7) is 5.70. The van der Waals surface area contributed by atoms with Crippen LogP contribution in [0.15, 0.2) is 30.5 Å². The molecule has 0 N–H and O–H groups in total. The number of fused-ring (bicyclic) bond motifs is 1. The van der Waals surface area contributed by atoms with E-state index in [0.29, 0.717) is 0 Å². The van der Waals surface area contributed by atoms with Crippen LogP contribution in [0.2, 0.25) is 0 Å². The summed E-state index contributed by atoms with van der Waals surface area (Å²) < 4.78 is 2.24. The van der Waals surface area contributed by atoms with Crippen LogP contribution in [0.4, 0.5) is 0 Å². The Morgan fingerprint density at radius 2 is 2.21 bits per heavy atom. The Kier molecular flexibility index (Phi) is 3.84. The molecule has 6 heteroatoms. The number of likely N-dealkylation sites (tertiary alicyclic amines) is 1. The Morgan fingerprint density at radius 3 is 2.96 bits per heavy atom. The van der Waals surface area contributed by atoms with Crippen LogP contribution in [-0.4, -0.2) is 31.9 Å². The summed E-state index contributed by atoms with van der Waals surface area (Å²) in [5.41, 5.74) is 2.14. The molecule has 3 heterocycles. The van der Waals surface area contributed by atoms with Gasteiger partial charge in [-0.25, -0.2) is 9.97 Å². The number of imidazole rings is 1. The smallest absolute Gasteiger partial charge is 0.266 e. The molecule has 124 valence electrons. The molecule has 1 atom stereocenters. The third-order valence-electron chi connectivity index (χ3n) is 4.64. The van der Waals surface area contributed by atoms with Gasteiger partial charge in [0.25, 0.3) is 5.91 Å². The van der Waals surface area contributed by atoms with Crippen molar-refractivity contribution in [3.8, 4) is 0 Å². The van der Waals surface area contributed by atoms with E-state index in [1.165, 1.54) is 11.3 Å². The summed E-state index contributed by atoms with van der Waals surface area (Å²) in [5.74, 6) is 1.09. The molecule has 4 rings (SSSR count). The minimum absolute atomic E-state index is 0.0484. The highest BCUT2D eigenvalue weighted by atomic mass is 32.1. The van der Waals surface area contributed by atoms with Crippen molar-refractivity contribution in [1.82, 2.24) is 19.4 Å². The lowest BCUT2D eigenvalue weighted by Crippen LogP contribution is -2.31. The summed E-state index contributed by atoms with van der Waals surface area (Å²) in [6, 6.07) is 8.24. The highest BCUT2D eigenvalue weighted by molar-refractivity contribution is 7.13. The van der Waals surface area contributed by atoms with Crippen molar-refractivity contribution in [2.75, 3.05) is 6.54 Å². The predicted molar refractivity (Wildman–Crippen MR) is 95.3 cm³/mol. The zero-order valence-electron chi connectivity index (χ0n) is 13.9. The third-order valence-corrected chi connectivity index (χ3v) is 5.54. The average molecular weight is 340 g/mol. The van der Waals surface area contributed by atoms with Crippen molar-refractivity contribution in [3.05, 3.63) is 46.2 Å². The molecule has 1 saturated heterocycles. The van der Waals surface area contributed by atoms with E-state index in [1.807, 2.05) is 30.0 Å². The Balaban J connectivity index is 1.74. The quantitative estimate of drug-likeness (QED) is 0.729. The van der Waals surface area contributed by atoms with E-state index >= 15 is 0 Å². The van der Waals surface area contributed by atoms with E-state index in [1.54, 1.807) is 6.20 Å². The average Bonchev–Trinajstić information content (AvgIpc) is 3.31. The minimum atomic E-state index is 0.0484. The molecular weight excluding hydrogens is 320 g/mol. The monoisotopic (exact) mass is 340 g/mol. The summed E-state index contributed by atoms with van der Waals surface area (Å²) in [5, 5.41) is 0.926. The fourth-order valence-electron chi connectivity index (χ4n) is 3.56. The number of aryl methyl sites for hydroxylation is 2. The van der Waals surface area contributed by atoms with Gasteiger partial charge in [0, 0.05) is 13.1 Å². The molecule has 1 fully saturated rings. The highest BCUT2D eigenvalue weighted by Gasteiger charge is 2.34. The Labute approximate surface area is 145 Å². The summed E-state index contributed by atoms with van der Waals surface area (Å²) in [4.78, 5) is 24.7. The number of rotatable bonds is 3. The van der Waals surface area contributed by atoms with Gasteiger partial charge in [-0.3, -0.25) is 4.79 Å². The van der Waals surface area contributed by atoms with E-state index in [9.17, 15) is 4.79 Å². The van der Waals surface area contributed by atoms with E-state index in [2.05, 4.69) is 22.5 Å². The van der Waals surface area contributed by atoms with Gasteiger partial charge in [-0.1, -0.05) is 12.1 Å². The van der Waals surface area contributed by atoms with E-state index in [4.69, 9.17) is 4.98 Å². The molecule has 0 bridgehead atoms. The van der Waals surface area contributed by atoms with Crippen LogP contribution in [0.5, 0.6) is 0 Å². The van der Waals surface area contributed by atoms with E-state index < -0.39 is 0 Å². The molecule has 1 aliphatic rings. The lowest BCUT2D eigenvalue weighted by molar-refractivity contribution is 0.0732. The molecule has 2 aromatic heterocycles. The number of hydrogen-bond acceptors (Lipinski definition) is 4. The molecule has 0 aliphatic carbocycles. The van der Waals surface area contributed by atoms with Crippen LogP contribution in [-0.2, 0) is 6.54 Å². The highest BCUT2D eigenvalue weighted by Crippen LogP contribution is 2.35. The standard InChI is InChI=1S/C18H20N4OS/c1-3-21-14-8-5-4-7-13(14)20-17(21)15-9-6-10-22(15)18(23)16-11-19-12(2)24-16/h4-5,7-8,11,15H,3,6,9-10H2,1-2H3/t15-/m1/s1. The van der Waals surface area contributed by atoms with Gasteiger partial charge in [0.15, 0.2) is 0 Å². The molecule has 1 amide bonds. The van der Waals surface area contributed by atoms with Gasteiger partial charge in [0.2, 0.25) is 0 Å². The molecule has 0 unspecified atom stereocenters. The number of hydrogen-bond donors (Lipinski definition) is 0. The van der Waals surface area contributed by atoms with Crippen LogP contribution < -0.4 is 0 Å². The maximum atomic E-state index is 12.9. The number of para-hydroxylation sites is 2. The van der Waals surface area contributed by atoms with Gasteiger partial charge >= 0.3 is 0 Å². The number of thiazole rings is 1. The van der Waals surface area contributed by atoms with Crippen molar-refractivity contribution < 1.29 is 4.79 Å². The van der Waals surface area contributed by atoms with Gasteiger partial charge in [-0.15, -0.1) is 11.3 Å². The van der Waals surface area contributed by atoms with E-state index in [0.717, 1.165) is 52.7 Å². The zero-order valence-corrected chi connectivity index (χ0v) is 14.7. The van der Waals surface area contributed by atoms with Gasteiger partial charge < -0.3 is 9.47 Å². The first-order valence-electron chi connectivity index (χ1n) is 8.37. The molecule has 24 heavy (non-hydrogen) atoms. The number of benzene rings is 1. The second-order valence-corrected chi connectivity index (χ2v) is 7.34. The first kappa shape index (κ1) is 15.3. The van der Waals surface area contributed by atoms with Gasteiger partial charge in [-0.05, 0) is 38.8 Å². The van der Waals surface area contributed by atoms with Crippen LogP contribution in [0.25, 0.3) is 11.0 Å². The number of amides is 1. The predicted octanol–water partition coefficient (Wildman–Crippen LogP) is 3.80. The lowest BCUT2D eigenvalue weighted by Gasteiger charge is -2.24. The zero-order chi connectivity index (χ0) is 16.7. The molecule has 3 aromatic rings. The molecule has 1 aromatic carbocycles. The van der Waals surface area contributed by atoms with Gasteiger partial charge in [0.05, 0.1) is 28.3 Å². The van der Waals surface area contributed by atoms with Gasteiger partial charge in [-0.2, -0.15) is 0 Å².